The minimum absolute atomic E-state index is 0.431. The summed E-state index contributed by atoms with van der Waals surface area (Å²) in [5, 5.41) is 2.80. The van der Waals surface area contributed by atoms with E-state index in [1.165, 1.54) is 12.8 Å². The average Bonchev–Trinajstić information content (AvgIpc) is 2.80. The molecule has 1 aromatic heterocycles. The Morgan fingerprint density at radius 2 is 2.05 bits per heavy atom. The molecular formula is C14H21N3O2. The van der Waals surface area contributed by atoms with Crippen LogP contribution >= 0.6 is 0 Å². The van der Waals surface area contributed by atoms with E-state index in [1.54, 1.807) is 18.5 Å². The number of amides is 1. The summed E-state index contributed by atoms with van der Waals surface area (Å²) < 4.78 is 5.27. The molecule has 2 rings (SSSR count). The van der Waals surface area contributed by atoms with Crippen LogP contribution in [0.2, 0.25) is 0 Å². The summed E-state index contributed by atoms with van der Waals surface area (Å²) in [5.74, 6) is 0. The predicted molar refractivity (Wildman–Crippen MR) is 75.5 cm³/mol. The summed E-state index contributed by atoms with van der Waals surface area (Å²) in [6, 6.07) is 1.80. The minimum atomic E-state index is -0.495. The van der Waals surface area contributed by atoms with Crippen LogP contribution in [0.3, 0.4) is 0 Å². The number of pyridine rings is 1. The molecule has 1 N–H and O–H groups in total. The van der Waals surface area contributed by atoms with Crippen LogP contribution in [0.4, 0.5) is 16.2 Å². The maximum absolute atomic E-state index is 11.8. The van der Waals surface area contributed by atoms with Gasteiger partial charge in [0, 0.05) is 19.3 Å². The van der Waals surface area contributed by atoms with E-state index in [2.05, 4.69) is 15.2 Å². The second kappa shape index (κ2) is 5.47. The second-order valence-corrected chi connectivity index (χ2v) is 5.71. The first-order valence-electron chi connectivity index (χ1n) is 6.65. The van der Waals surface area contributed by atoms with Gasteiger partial charge in [0.2, 0.25) is 0 Å². The maximum atomic E-state index is 11.8. The standard InChI is InChI=1S/C14H21N3O2/c1-14(2,3)19-13(18)16-11-6-7-15-10-12(11)17-8-4-5-9-17/h6-7,10H,4-5,8-9H2,1-3H3,(H,15,16,18). The molecule has 0 aromatic carbocycles. The van der Waals surface area contributed by atoms with E-state index in [0.29, 0.717) is 0 Å². The number of aromatic nitrogens is 1. The maximum Gasteiger partial charge on any atom is 0.412 e. The monoisotopic (exact) mass is 263 g/mol. The van der Waals surface area contributed by atoms with Crippen molar-refractivity contribution in [1.29, 1.82) is 0 Å². The van der Waals surface area contributed by atoms with Crippen LogP contribution in [0, 0.1) is 0 Å². The molecule has 1 amide bonds. The number of carbonyl (C=O) groups excluding carboxylic acids is 1. The van der Waals surface area contributed by atoms with Gasteiger partial charge in [-0.2, -0.15) is 0 Å². The largest absolute Gasteiger partial charge is 0.444 e. The summed E-state index contributed by atoms with van der Waals surface area (Å²) in [6.07, 6.45) is 5.39. The van der Waals surface area contributed by atoms with E-state index >= 15 is 0 Å². The summed E-state index contributed by atoms with van der Waals surface area (Å²) >= 11 is 0. The normalized spacial score (nSPS) is 15.4. The van der Waals surface area contributed by atoms with Gasteiger partial charge in [0.25, 0.3) is 0 Å². The zero-order valence-electron chi connectivity index (χ0n) is 11.8. The Balaban J connectivity index is 2.09. The lowest BCUT2D eigenvalue weighted by atomic mass is 10.2. The molecule has 0 spiro atoms. The van der Waals surface area contributed by atoms with E-state index in [1.807, 2.05) is 20.8 Å². The fourth-order valence-corrected chi connectivity index (χ4v) is 2.12. The van der Waals surface area contributed by atoms with E-state index in [-0.39, 0.29) is 0 Å². The SMILES string of the molecule is CC(C)(C)OC(=O)Nc1ccncc1N1CCCC1. The van der Waals surface area contributed by atoms with Crippen molar-refractivity contribution in [3.8, 4) is 0 Å². The topological polar surface area (TPSA) is 54.5 Å². The Labute approximate surface area is 114 Å². The number of nitrogens with zero attached hydrogens (tertiary/aromatic N) is 2. The van der Waals surface area contributed by atoms with Gasteiger partial charge in [-0.3, -0.25) is 10.3 Å². The van der Waals surface area contributed by atoms with Crippen LogP contribution in [0.1, 0.15) is 33.6 Å². The summed E-state index contributed by atoms with van der Waals surface area (Å²) in [7, 11) is 0. The average molecular weight is 263 g/mol. The molecule has 0 bridgehead atoms. The third-order valence-electron chi connectivity index (χ3n) is 2.88. The van der Waals surface area contributed by atoms with E-state index in [9.17, 15) is 4.79 Å². The zero-order chi connectivity index (χ0) is 13.9. The molecule has 2 heterocycles. The molecule has 0 atom stereocenters. The van der Waals surface area contributed by atoms with Crippen molar-refractivity contribution in [2.45, 2.75) is 39.2 Å². The Hall–Kier alpha value is -1.78. The second-order valence-electron chi connectivity index (χ2n) is 5.71. The predicted octanol–water partition coefficient (Wildman–Crippen LogP) is 3.03. The molecule has 1 fully saturated rings. The van der Waals surface area contributed by atoms with Crippen LogP contribution in [0.5, 0.6) is 0 Å². The van der Waals surface area contributed by atoms with Gasteiger partial charge in [-0.25, -0.2) is 4.79 Å². The summed E-state index contributed by atoms with van der Waals surface area (Å²) in [5.41, 5.74) is 1.22. The van der Waals surface area contributed by atoms with Gasteiger partial charge in [-0.1, -0.05) is 0 Å². The molecule has 0 saturated carbocycles. The Kier molecular flexibility index (Phi) is 3.93. The van der Waals surface area contributed by atoms with Gasteiger partial charge >= 0.3 is 6.09 Å². The van der Waals surface area contributed by atoms with Gasteiger partial charge in [-0.05, 0) is 39.7 Å². The first-order chi connectivity index (χ1) is 8.96. The van der Waals surface area contributed by atoms with Gasteiger partial charge in [0.1, 0.15) is 5.60 Å². The van der Waals surface area contributed by atoms with Gasteiger partial charge in [-0.15, -0.1) is 0 Å². The van der Waals surface area contributed by atoms with Crippen LogP contribution in [-0.4, -0.2) is 29.8 Å². The lowest BCUT2D eigenvalue weighted by Crippen LogP contribution is -2.28. The molecule has 1 aromatic rings. The van der Waals surface area contributed by atoms with Crippen molar-refractivity contribution in [2.24, 2.45) is 0 Å². The number of rotatable bonds is 2. The van der Waals surface area contributed by atoms with Crippen molar-refractivity contribution >= 4 is 17.5 Å². The van der Waals surface area contributed by atoms with Gasteiger partial charge in [0.15, 0.2) is 0 Å². The minimum Gasteiger partial charge on any atom is -0.444 e. The molecule has 0 unspecified atom stereocenters. The molecule has 104 valence electrons. The number of anilines is 2. The molecule has 5 nitrogen and oxygen atoms in total. The van der Waals surface area contributed by atoms with Crippen LogP contribution < -0.4 is 10.2 Å². The molecule has 1 aliphatic rings. The lowest BCUT2D eigenvalue weighted by molar-refractivity contribution is 0.0636. The van der Waals surface area contributed by atoms with E-state index < -0.39 is 11.7 Å². The van der Waals surface area contributed by atoms with E-state index in [4.69, 9.17) is 4.74 Å². The van der Waals surface area contributed by atoms with Crippen molar-refractivity contribution in [1.82, 2.24) is 4.98 Å². The Morgan fingerprint density at radius 3 is 2.68 bits per heavy atom. The van der Waals surface area contributed by atoms with Crippen LogP contribution in [-0.2, 0) is 4.74 Å². The molecule has 0 radical (unpaired) electrons. The zero-order valence-corrected chi connectivity index (χ0v) is 11.8. The fraction of sp³-hybridized carbons (Fsp3) is 0.571. The number of hydrogen-bond donors (Lipinski definition) is 1. The fourth-order valence-electron chi connectivity index (χ4n) is 2.12. The van der Waals surface area contributed by atoms with Crippen LogP contribution in [0.25, 0.3) is 0 Å². The number of nitrogens with one attached hydrogen (secondary N) is 1. The number of carbonyl (C=O) groups is 1. The highest BCUT2D eigenvalue weighted by molar-refractivity contribution is 5.89. The first kappa shape index (κ1) is 13.6. The lowest BCUT2D eigenvalue weighted by Gasteiger charge is -2.23. The Bertz CT molecular complexity index is 448. The summed E-state index contributed by atoms with van der Waals surface area (Å²) in [4.78, 5) is 18.2. The van der Waals surface area contributed by atoms with Gasteiger partial charge in [0.05, 0.1) is 17.6 Å². The Morgan fingerprint density at radius 1 is 1.37 bits per heavy atom. The van der Waals surface area contributed by atoms with Crippen molar-refractivity contribution < 1.29 is 9.53 Å². The number of hydrogen-bond acceptors (Lipinski definition) is 4. The third-order valence-corrected chi connectivity index (χ3v) is 2.88. The third kappa shape index (κ3) is 3.84. The van der Waals surface area contributed by atoms with Crippen molar-refractivity contribution in [3.05, 3.63) is 18.5 Å². The van der Waals surface area contributed by atoms with Crippen molar-refractivity contribution in [2.75, 3.05) is 23.3 Å². The molecule has 5 heteroatoms. The van der Waals surface area contributed by atoms with Gasteiger partial charge < -0.3 is 9.64 Å². The molecule has 0 aliphatic carbocycles. The highest BCUT2D eigenvalue weighted by atomic mass is 16.6. The smallest absolute Gasteiger partial charge is 0.412 e. The molecular weight excluding hydrogens is 242 g/mol. The summed E-state index contributed by atoms with van der Waals surface area (Å²) in [6.45, 7) is 7.56. The first-order valence-corrected chi connectivity index (χ1v) is 6.65. The highest BCUT2D eigenvalue weighted by Crippen LogP contribution is 2.28. The van der Waals surface area contributed by atoms with Crippen molar-refractivity contribution in [3.63, 3.8) is 0 Å². The van der Waals surface area contributed by atoms with Crippen LogP contribution in [0.15, 0.2) is 18.5 Å². The highest BCUT2D eigenvalue weighted by Gasteiger charge is 2.20. The molecule has 1 saturated heterocycles. The number of ether oxygens (including phenoxy) is 1. The quantitative estimate of drug-likeness (QED) is 0.891. The van der Waals surface area contributed by atoms with E-state index in [0.717, 1.165) is 24.5 Å². The molecule has 1 aliphatic heterocycles. The molecule has 19 heavy (non-hydrogen) atoms.